The molecule has 0 radical (unpaired) electrons. The second-order valence-corrected chi connectivity index (χ2v) is 7.04. The second kappa shape index (κ2) is 6.95. The molecule has 0 N–H and O–H groups in total. The van der Waals surface area contributed by atoms with Gasteiger partial charge in [0.15, 0.2) is 0 Å². The average Bonchev–Trinajstić information content (AvgIpc) is 2.88. The lowest BCUT2D eigenvalue weighted by molar-refractivity contribution is 0.414. The number of benzene rings is 1. The Morgan fingerprint density at radius 2 is 2.06 bits per heavy atom. The molecule has 1 atom stereocenters. The van der Waals surface area contributed by atoms with Crippen LogP contribution < -0.4 is 4.74 Å². The summed E-state index contributed by atoms with van der Waals surface area (Å²) in [5, 5.41) is 0. The first-order valence-electron chi connectivity index (χ1n) is 6.68. The summed E-state index contributed by atoms with van der Waals surface area (Å²) in [5.74, 6) is 1.86. The Balaban J connectivity index is 1.93. The Morgan fingerprint density at radius 3 is 2.67 bits per heavy atom. The maximum atomic E-state index is 5.23. The van der Waals surface area contributed by atoms with Gasteiger partial charge in [-0.25, -0.2) is 0 Å². The highest BCUT2D eigenvalue weighted by Crippen LogP contribution is 2.38. The molecule has 1 aromatic rings. The van der Waals surface area contributed by atoms with Crippen LogP contribution in [0.1, 0.15) is 48.9 Å². The van der Waals surface area contributed by atoms with Gasteiger partial charge in [0, 0.05) is 9.30 Å². The summed E-state index contributed by atoms with van der Waals surface area (Å²) in [6.45, 7) is 0. The molecule has 0 aromatic heterocycles. The van der Waals surface area contributed by atoms with Crippen molar-refractivity contribution < 1.29 is 4.74 Å². The van der Waals surface area contributed by atoms with E-state index in [-0.39, 0.29) is 0 Å². The predicted octanol–water partition coefficient (Wildman–Crippen LogP) is 5.86. The molecule has 0 amide bonds. The van der Waals surface area contributed by atoms with Gasteiger partial charge in [-0.05, 0) is 36.5 Å². The van der Waals surface area contributed by atoms with Gasteiger partial charge in [0.2, 0.25) is 0 Å². The first-order valence-corrected chi connectivity index (χ1v) is 8.39. The van der Waals surface area contributed by atoms with Crippen molar-refractivity contribution in [1.82, 2.24) is 0 Å². The molecule has 1 aliphatic rings. The lowest BCUT2D eigenvalue weighted by Crippen LogP contribution is -1.98. The summed E-state index contributed by atoms with van der Waals surface area (Å²) in [6, 6.07) is 6.22. The van der Waals surface area contributed by atoms with Gasteiger partial charge in [-0.3, -0.25) is 0 Å². The highest BCUT2D eigenvalue weighted by atomic mass is 79.9. The molecule has 0 heterocycles. The van der Waals surface area contributed by atoms with E-state index in [9.17, 15) is 0 Å². The zero-order chi connectivity index (χ0) is 13.0. The molecule has 18 heavy (non-hydrogen) atoms. The van der Waals surface area contributed by atoms with E-state index < -0.39 is 0 Å². The molecule has 2 rings (SSSR count). The van der Waals surface area contributed by atoms with Crippen LogP contribution in [-0.2, 0) is 0 Å². The third-order valence-corrected chi connectivity index (χ3v) is 5.49. The SMILES string of the molecule is COc1ccc(C(Br)CCC2CCCC2)c(Br)c1. The van der Waals surface area contributed by atoms with Crippen LogP contribution in [0.3, 0.4) is 0 Å². The van der Waals surface area contributed by atoms with Crippen molar-refractivity contribution in [1.29, 1.82) is 0 Å². The van der Waals surface area contributed by atoms with Crippen LogP contribution in [0.4, 0.5) is 0 Å². The smallest absolute Gasteiger partial charge is 0.120 e. The molecule has 100 valence electrons. The van der Waals surface area contributed by atoms with Crippen LogP contribution >= 0.6 is 31.9 Å². The standard InChI is InChI=1S/C15H20Br2O/c1-18-12-7-8-13(15(17)10-12)14(16)9-6-11-4-2-3-5-11/h7-8,10-11,14H,2-6,9H2,1H3. The number of halogens is 2. The van der Waals surface area contributed by atoms with E-state index in [4.69, 9.17) is 4.74 Å². The van der Waals surface area contributed by atoms with Gasteiger partial charge in [0.25, 0.3) is 0 Å². The van der Waals surface area contributed by atoms with Crippen molar-refractivity contribution in [3.05, 3.63) is 28.2 Å². The zero-order valence-corrected chi connectivity index (χ0v) is 14.0. The highest BCUT2D eigenvalue weighted by Gasteiger charge is 2.18. The topological polar surface area (TPSA) is 9.23 Å². The van der Waals surface area contributed by atoms with Crippen molar-refractivity contribution in [2.75, 3.05) is 7.11 Å². The molecule has 0 saturated heterocycles. The van der Waals surface area contributed by atoms with E-state index in [1.807, 2.05) is 12.1 Å². The van der Waals surface area contributed by atoms with Gasteiger partial charge >= 0.3 is 0 Å². The maximum Gasteiger partial charge on any atom is 0.120 e. The van der Waals surface area contributed by atoms with Crippen LogP contribution in [0.25, 0.3) is 0 Å². The first kappa shape index (κ1) is 14.4. The van der Waals surface area contributed by atoms with Gasteiger partial charge in [0.1, 0.15) is 5.75 Å². The monoisotopic (exact) mass is 374 g/mol. The lowest BCUT2D eigenvalue weighted by atomic mass is 9.98. The number of alkyl halides is 1. The van der Waals surface area contributed by atoms with Crippen LogP contribution in [0.2, 0.25) is 0 Å². The fourth-order valence-corrected chi connectivity index (χ4v) is 4.33. The zero-order valence-electron chi connectivity index (χ0n) is 10.8. The third kappa shape index (κ3) is 3.74. The summed E-state index contributed by atoms with van der Waals surface area (Å²) in [5.41, 5.74) is 1.33. The normalized spacial score (nSPS) is 17.9. The van der Waals surface area contributed by atoms with Crippen LogP contribution in [-0.4, -0.2) is 7.11 Å². The Morgan fingerprint density at radius 1 is 1.33 bits per heavy atom. The van der Waals surface area contributed by atoms with Crippen molar-refractivity contribution >= 4 is 31.9 Å². The van der Waals surface area contributed by atoms with Gasteiger partial charge in [-0.2, -0.15) is 0 Å². The molecule has 0 spiro atoms. The molecular formula is C15H20Br2O. The molecule has 1 unspecified atom stereocenters. The largest absolute Gasteiger partial charge is 0.497 e. The first-order chi connectivity index (χ1) is 8.70. The van der Waals surface area contributed by atoms with E-state index in [0.29, 0.717) is 4.83 Å². The van der Waals surface area contributed by atoms with Crippen molar-refractivity contribution in [2.45, 2.75) is 43.4 Å². The predicted molar refractivity (Wildman–Crippen MR) is 83.6 cm³/mol. The Kier molecular flexibility index (Phi) is 5.56. The summed E-state index contributed by atoms with van der Waals surface area (Å²) < 4.78 is 6.36. The Labute approximate surface area is 127 Å². The minimum atomic E-state index is 0.443. The quantitative estimate of drug-likeness (QED) is 0.585. The van der Waals surface area contributed by atoms with E-state index in [1.54, 1.807) is 7.11 Å². The molecule has 0 aliphatic heterocycles. The van der Waals surface area contributed by atoms with Gasteiger partial charge in [0.05, 0.1) is 7.11 Å². The van der Waals surface area contributed by atoms with Crippen molar-refractivity contribution in [3.8, 4) is 5.75 Å². The summed E-state index contributed by atoms with van der Waals surface area (Å²) in [4.78, 5) is 0.443. The molecule has 3 heteroatoms. The summed E-state index contributed by atoms with van der Waals surface area (Å²) >= 11 is 7.45. The number of methoxy groups -OCH3 is 1. The number of hydrogen-bond donors (Lipinski definition) is 0. The lowest BCUT2D eigenvalue weighted by Gasteiger charge is -2.15. The fourth-order valence-electron chi connectivity index (χ4n) is 2.73. The van der Waals surface area contributed by atoms with Gasteiger partial charge in [-0.15, -0.1) is 0 Å². The minimum absolute atomic E-state index is 0.443. The molecule has 1 aromatic carbocycles. The van der Waals surface area contributed by atoms with E-state index in [1.165, 1.54) is 44.1 Å². The van der Waals surface area contributed by atoms with E-state index in [2.05, 4.69) is 37.9 Å². The number of hydrogen-bond acceptors (Lipinski definition) is 1. The van der Waals surface area contributed by atoms with Crippen LogP contribution in [0.5, 0.6) is 5.75 Å². The molecular weight excluding hydrogens is 356 g/mol. The van der Waals surface area contributed by atoms with Gasteiger partial charge in [-0.1, -0.05) is 63.6 Å². The minimum Gasteiger partial charge on any atom is -0.497 e. The van der Waals surface area contributed by atoms with E-state index >= 15 is 0 Å². The molecule has 1 nitrogen and oxygen atoms in total. The Bertz CT molecular complexity index is 386. The van der Waals surface area contributed by atoms with E-state index in [0.717, 1.165) is 16.1 Å². The summed E-state index contributed by atoms with van der Waals surface area (Å²) in [6.07, 6.45) is 8.30. The van der Waals surface area contributed by atoms with Crippen molar-refractivity contribution in [2.24, 2.45) is 5.92 Å². The average molecular weight is 376 g/mol. The third-order valence-electron chi connectivity index (χ3n) is 3.85. The molecule has 1 aliphatic carbocycles. The molecule has 0 bridgehead atoms. The second-order valence-electron chi connectivity index (χ2n) is 5.08. The van der Waals surface area contributed by atoms with Gasteiger partial charge < -0.3 is 4.74 Å². The van der Waals surface area contributed by atoms with Crippen LogP contribution in [0.15, 0.2) is 22.7 Å². The highest BCUT2D eigenvalue weighted by molar-refractivity contribution is 9.11. The number of rotatable bonds is 5. The fraction of sp³-hybridized carbons (Fsp3) is 0.600. The van der Waals surface area contributed by atoms with Crippen molar-refractivity contribution in [3.63, 3.8) is 0 Å². The molecule has 1 fully saturated rings. The summed E-state index contributed by atoms with van der Waals surface area (Å²) in [7, 11) is 1.70. The Hall–Kier alpha value is -0.0200. The molecule has 1 saturated carbocycles. The maximum absolute atomic E-state index is 5.23. The van der Waals surface area contributed by atoms with Crippen LogP contribution in [0, 0.1) is 5.92 Å². The number of ether oxygens (including phenoxy) is 1.